The normalized spacial score (nSPS) is 16.9. The highest BCUT2D eigenvalue weighted by molar-refractivity contribution is 5.89. The minimum absolute atomic E-state index is 0.996. The van der Waals surface area contributed by atoms with E-state index < -0.39 is 0 Å². The molecule has 0 spiro atoms. The molecule has 0 aliphatic carbocycles. The van der Waals surface area contributed by atoms with Crippen LogP contribution in [0.15, 0.2) is 64.4 Å². The van der Waals surface area contributed by atoms with Gasteiger partial charge in [0.2, 0.25) is 0 Å². The fraction of sp³-hybridized carbons (Fsp3) is 0.125. The van der Waals surface area contributed by atoms with Crippen molar-refractivity contribution < 1.29 is 0 Å². The van der Waals surface area contributed by atoms with Crippen LogP contribution in [0.4, 0.5) is 5.82 Å². The number of anilines is 1. The molecule has 0 amide bonds. The lowest BCUT2D eigenvalue weighted by Crippen LogP contribution is -2.21. The zero-order chi connectivity index (χ0) is 13.4. The molecule has 0 unspecified atom stereocenters. The second-order valence-electron chi connectivity index (χ2n) is 4.85. The number of para-hydroxylation sites is 1. The van der Waals surface area contributed by atoms with Crippen molar-refractivity contribution in [2.75, 3.05) is 18.0 Å². The summed E-state index contributed by atoms with van der Waals surface area (Å²) < 4.78 is 0. The maximum absolute atomic E-state index is 4.41. The van der Waals surface area contributed by atoms with Crippen LogP contribution < -0.4 is 15.5 Å². The first-order valence-corrected chi connectivity index (χ1v) is 6.73. The molecule has 1 fully saturated rings. The molecule has 4 heterocycles. The Hall–Kier alpha value is -2.62. The second-order valence-corrected chi connectivity index (χ2v) is 4.85. The number of rotatable bonds is 1. The fourth-order valence-electron chi connectivity index (χ4n) is 2.33. The van der Waals surface area contributed by atoms with Crippen LogP contribution in [-0.4, -0.2) is 24.3 Å². The van der Waals surface area contributed by atoms with Crippen LogP contribution in [0, 0.1) is 0 Å². The molecule has 4 heteroatoms. The highest BCUT2D eigenvalue weighted by atomic mass is 15.3. The zero-order valence-electron chi connectivity index (χ0n) is 11.0. The molecule has 20 heavy (non-hydrogen) atoms. The number of H-pyrrole nitrogens is 1. The third-order valence-electron chi connectivity index (χ3n) is 3.45. The average Bonchev–Trinajstić information content (AvgIpc) is 2.93. The topological polar surface area (TPSA) is 43.5 Å². The minimum atomic E-state index is 0.996. The molecule has 1 saturated heterocycles. The van der Waals surface area contributed by atoms with Crippen molar-refractivity contribution in [3.8, 4) is 0 Å². The molecule has 2 aromatic rings. The summed E-state index contributed by atoms with van der Waals surface area (Å²) in [6, 6.07) is 12.2. The molecule has 1 aromatic carbocycles. The van der Waals surface area contributed by atoms with Gasteiger partial charge >= 0.3 is 0 Å². The van der Waals surface area contributed by atoms with E-state index in [4.69, 9.17) is 0 Å². The van der Waals surface area contributed by atoms with Gasteiger partial charge in [0.25, 0.3) is 0 Å². The number of fused-ring (bicyclic) bond motifs is 2. The molecular formula is C16H14N4. The predicted molar refractivity (Wildman–Crippen MR) is 80.2 cm³/mol. The second kappa shape index (κ2) is 4.49. The maximum Gasteiger partial charge on any atom is 0.105 e. The number of nitrogens with zero attached hydrogens (tertiary/aromatic N) is 3. The predicted octanol–water partition coefficient (Wildman–Crippen LogP) is 1.23. The van der Waals surface area contributed by atoms with E-state index in [0.717, 1.165) is 22.0 Å². The molecular weight excluding hydrogens is 248 g/mol. The molecule has 1 N–H and O–H groups in total. The van der Waals surface area contributed by atoms with Crippen LogP contribution in [0.2, 0.25) is 0 Å². The number of aromatic nitrogens is 1. The molecule has 4 nitrogen and oxygen atoms in total. The van der Waals surface area contributed by atoms with Gasteiger partial charge in [0.15, 0.2) is 0 Å². The Bertz CT molecular complexity index is 808. The highest BCUT2D eigenvalue weighted by Gasteiger charge is 2.17. The maximum atomic E-state index is 4.41. The van der Waals surface area contributed by atoms with Crippen LogP contribution >= 0.6 is 0 Å². The minimum Gasteiger partial charge on any atom is -0.355 e. The molecule has 0 bridgehead atoms. The Balaban J connectivity index is 0.000000115. The monoisotopic (exact) mass is 262 g/mol. The Labute approximate surface area is 116 Å². The van der Waals surface area contributed by atoms with Crippen molar-refractivity contribution in [3.63, 3.8) is 0 Å². The smallest absolute Gasteiger partial charge is 0.105 e. The first-order valence-electron chi connectivity index (χ1n) is 6.73. The summed E-state index contributed by atoms with van der Waals surface area (Å²) in [6.45, 7) is 2.45. The summed E-state index contributed by atoms with van der Waals surface area (Å²) in [5, 5.41) is 2.19. The van der Waals surface area contributed by atoms with Gasteiger partial charge in [0.1, 0.15) is 5.82 Å². The Morgan fingerprint density at radius 1 is 1.05 bits per heavy atom. The van der Waals surface area contributed by atoms with Crippen molar-refractivity contribution in [1.29, 1.82) is 0 Å². The summed E-state index contributed by atoms with van der Waals surface area (Å²) >= 11 is 0. The van der Waals surface area contributed by atoms with Gasteiger partial charge in [-0.15, -0.1) is 0 Å². The van der Waals surface area contributed by atoms with Crippen LogP contribution in [-0.2, 0) is 0 Å². The molecule has 0 radical (unpaired) electrons. The van der Waals surface area contributed by atoms with E-state index in [2.05, 4.69) is 32.0 Å². The Morgan fingerprint density at radius 3 is 2.75 bits per heavy atom. The van der Waals surface area contributed by atoms with E-state index in [0.29, 0.717) is 0 Å². The van der Waals surface area contributed by atoms with E-state index in [1.165, 1.54) is 18.9 Å². The van der Waals surface area contributed by atoms with Crippen molar-refractivity contribution >= 4 is 17.7 Å². The van der Waals surface area contributed by atoms with Crippen molar-refractivity contribution in [1.82, 2.24) is 4.98 Å². The third-order valence-corrected chi connectivity index (χ3v) is 3.45. The number of benzene rings is 1. The summed E-state index contributed by atoms with van der Waals surface area (Å²) in [7, 11) is 0. The first kappa shape index (κ1) is 11.2. The van der Waals surface area contributed by atoms with Crippen LogP contribution in [0.5, 0.6) is 0 Å². The number of nitrogens with one attached hydrogen (secondary N) is 1. The zero-order valence-corrected chi connectivity index (χ0v) is 11.0. The summed E-state index contributed by atoms with van der Waals surface area (Å²) in [4.78, 5) is 14.1. The molecule has 3 aliphatic heterocycles. The van der Waals surface area contributed by atoms with Gasteiger partial charge in [-0.2, -0.15) is 0 Å². The number of hydrogen-bond acceptors (Lipinski definition) is 3. The van der Waals surface area contributed by atoms with Gasteiger partial charge in [-0.05, 0) is 24.3 Å². The molecule has 5 rings (SSSR count). The number of aliphatic imine (C=N–C) groups is 1. The van der Waals surface area contributed by atoms with Gasteiger partial charge in [-0.3, -0.25) is 4.99 Å². The quantitative estimate of drug-likeness (QED) is 0.772. The third kappa shape index (κ3) is 1.95. The highest BCUT2D eigenvalue weighted by Crippen LogP contribution is 2.18. The van der Waals surface area contributed by atoms with E-state index in [1.54, 1.807) is 6.21 Å². The van der Waals surface area contributed by atoms with Crippen LogP contribution in [0.1, 0.15) is 0 Å². The van der Waals surface area contributed by atoms with Crippen LogP contribution in [0.25, 0.3) is 5.70 Å². The summed E-state index contributed by atoms with van der Waals surface area (Å²) in [5.41, 5.74) is 2.02. The standard InChI is InChI=1S/C10H6N2.C6H8N2/c1-2-4-8-7(3-1)10-9(12-8)5-6-11-10;1-2-6(7-3-1)8-4-5-8/h1-6H;1-3,7H,4-5H2. The van der Waals surface area contributed by atoms with E-state index >= 15 is 0 Å². The van der Waals surface area contributed by atoms with E-state index in [9.17, 15) is 0 Å². The summed E-state index contributed by atoms with van der Waals surface area (Å²) in [5.74, 6) is 1.25. The first-order chi connectivity index (χ1) is 9.92. The lowest BCUT2D eigenvalue weighted by atomic mass is 10.2. The Morgan fingerprint density at radius 2 is 1.95 bits per heavy atom. The lowest BCUT2D eigenvalue weighted by Gasteiger charge is -1.92. The van der Waals surface area contributed by atoms with Gasteiger partial charge in [-0.25, -0.2) is 4.99 Å². The van der Waals surface area contributed by atoms with Gasteiger partial charge < -0.3 is 9.88 Å². The summed E-state index contributed by atoms with van der Waals surface area (Å²) in [6.07, 6.45) is 5.69. The molecule has 0 saturated carbocycles. The van der Waals surface area contributed by atoms with Gasteiger partial charge in [0, 0.05) is 30.7 Å². The van der Waals surface area contributed by atoms with Gasteiger partial charge in [0.05, 0.1) is 16.8 Å². The number of hydrogen-bond donors (Lipinski definition) is 1. The number of allylic oxidation sites excluding steroid dienone is 1. The molecule has 1 aromatic heterocycles. The van der Waals surface area contributed by atoms with Gasteiger partial charge in [-0.1, -0.05) is 18.2 Å². The SMILES string of the molecule is C1=NC2=c3ccccc3=NC2=C1.c1c[nH]c(N2CC2)c1. The van der Waals surface area contributed by atoms with E-state index in [1.807, 2.05) is 36.5 Å². The van der Waals surface area contributed by atoms with Crippen molar-refractivity contribution in [2.24, 2.45) is 9.98 Å². The largest absolute Gasteiger partial charge is 0.355 e. The number of aromatic amines is 1. The molecule has 98 valence electrons. The van der Waals surface area contributed by atoms with Crippen molar-refractivity contribution in [3.05, 3.63) is 64.9 Å². The van der Waals surface area contributed by atoms with E-state index in [-0.39, 0.29) is 0 Å². The van der Waals surface area contributed by atoms with Crippen LogP contribution in [0.3, 0.4) is 0 Å². The molecule has 3 aliphatic rings. The molecule has 0 atom stereocenters. The lowest BCUT2D eigenvalue weighted by molar-refractivity contribution is 1.28. The fourth-order valence-corrected chi connectivity index (χ4v) is 2.33. The van der Waals surface area contributed by atoms with Crippen molar-refractivity contribution in [2.45, 2.75) is 0 Å². The Kier molecular flexibility index (Phi) is 2.52. The average molecular weight is 262 g/mol.